The van der Waals surface area contributed by atoms with E-state index in [-0.39, 0.29) is 28.2 Å². The molecule has 0 aliphatic carbocycles. The molecule has 9 heteroatoms. The van der Waals surface area contributed by atoms with Crippen LogP contribution in [0.15, 0.2) is 47.4 Å². The summed E-state index contributed by atoms with van der Waals surface area (Å²) in [5.41, 5.74) is 3.04. The van der Waals surface area contributed by atoms with Gasteiger partial charge in [-0.25, -0.2) is 4.39 Å². The lowest BCUT2D eigenvalue weighted by atomic mass is 9.87. The third kappa shape index (κ3) is 4.73. The number of rotatable bonds is 6. The summed E-state index contributed by atoms with van der Waals surface area (Å²) in [7, 11) is 0. The number of halogens is 1. The van der Waals surface area contributed by atoms with Gasteiger partial charge in [-0.2, -0.15) is 0 Å². The van der Waals surface area contributed by atoms with E-state index in [1.54, 1.807) is 12.1 Å². The average molecular weight is 496 g/mol. The van der Waals surface area contributed by atoms with E-state index in [1.165, 1.54) is 30.3 Å². The maximum Gasteiger partial charge on any atom is 0.293 e. The number of benzene rings is 2. The number of hydrogen-bond acceptors (Lipinski definition) is 6. The maximum absolute atomic E-state index is 15.2. The number of hydrogen-bond donors (Lipinski definition) is 0. The van der Waals surface area contributed by atoms with Gasteiger partial charge in [-0.3, -0.25) is 24.6 Å². The number of imide groups is 1. The van der Waals surface area contributed by atoms with Crippen LogP contribution in [0.4, 0.5) is 20.6 Å². The predicted molar refractivity (Wildman–Crippen MR) is 136 cm³/mol. The normalized spacial score (nSPS) is 18.2. The van der Waals surface area contributed by atoms with E-state index in [0.29, 0.717) is 5.56 Å². The first-order chi connectivity index (χ1) is 16.5. The predicted octanol–water partition coefficient (Wildman–Crippen LogP) is 6.38. The molecule has 2 heterocycles. The molecule has 0 radical (unpaired) electrons. The van der Waals surface area contributed by atoms with Crippen LogP contribution in [-0.4, -0.2) is 33.1 Å². The Hall–Kier alpha value is -3.46. The average Bonchev–Trinajstić information content (AvgIpc) is 3.05. The van der Waals surface area contributed by atoms with Crippen molar-refractivity contribution >= 4 is 45.9 Å². The topological polar surface area (TPSA) is 83.8 Å². The summed E-state index contributed by atoms with van der Waals surface area (Å²) in [6.07, 6.45) is 4.47. The zero-order valence-corrected chi connectivity index (χ0v) is 20.8. The molecule has 35 heavy (non-hydrogen) atoms. The van der Waals surface area contributed by atoms with Crippen LogP contribution < -0.4 is 4.90 Å². The van der Waals surface area contributed by atoms with Gasteiger partial charge in [0.2, 0.25) is 0 Å². The number of amides is 2. The van der Waals surface area contributed by atoms with Crippen molar-refractivity contribution in [2.75, 3.05) is 11.4 Å². The van der Waals surface area contributed by atoms with E-state index < -0.39 is 21.9 Å². The third-order valence-corrected chi connectivity index (χ3v) is 7.07. The minimum Gasteiger partial charge on any atom is -0.362 e. The van der Waals surface area contributed by atoms with Gasteiger partial charge >= 0.3 is 0 Å². The van der Waals surface area contributed by atoms with Gasteiger partial charge in [0.05, 0.1) is 21.9 Å². The van der Waals surface area contributed by atoms with Crippen molar-refractivity contribution < 1.29 is 18.9 Å². The molecule has 2 amide bonds. The molecular weight excluding hydrogens is 469 g/mol. The number of carbonyl (C=O) groups is 2. The summed E-state index contributed by atoms with van der Waals surface area (Å²) in [5, 5.41) is 10.5. The minimum absolute atomic E-state index is 0.0980. The van der Waals surface area contributed by atoms with Crippen LogP contribution in [0.2, 0.25) is 0 Å². The van der Waals surface area contributed by atoms with Gasteiger partial charge in [0.25, 0.3) is 16.8 Å². The molecule has 1 fully saturated rings. The van der Waals surface area contributed by atoms with Gasteiger partial charge in [-0.1, -0.05) is 25.1 Å². The van der Waals surface area contributed by atoms with E-state index in [0.717, 1.165) is 46.5 Å². The van der Waals surface area contributed by atoms with Crippen LogP contribution in [-0.2, 0) is 11.3 Å². The highest BCUT2D eigenvalue weighted by Gasteiger charge is 2.36. The Balaban J connectivity index is 1.65. The summed E-state index contributed by atoms with van der Waals surface area (Å²) in [6, 6.07) is 9.01. The SMILES string of the molecule is CCCN1c2cc(F)c(/C=C3/SC(=O)N(Cc4cccc([N+](=O)[O-])c4)C3=O)cc2C(C)=CC1(C)C. The van der Waals surface area contributed by atoms with Gasteiger partial charge < -0.3 is 4.90 Å². The van der Waals surface area contributed by atoms with E-state index in [4.69, 9.17) is 0 Å². The number of fused-ring (bicyclic) bond motifs is 1. The fourth-order valence-electron chi connectivity index (χ4n) is 4.59. The lowest BCUT2D eigenvalue weighted by Crippen LogP contribution is -2.45. The molecule has 2 aliphatic rings. The monoisotopic (exact) mass is 495 g/mol. The van der Waals surface area contributed by atoms with Gasteiger partial charge in [0.1, 0.15) is 5.82 Å². The number of non-ortho nitro benzene ring substituents is 1. The lowest BCUT2D eigenvalue weighted by molar-refractivity contribution is -0.384. The van der Waals surface area contributed by atoms with Gasteiger partial charge in [0.15, 0.2) is 0 Å². The van der Waals surface area contributed by atoms with Crippen molar-refractivity contribution in [3.8, 4) is 0 Å². The molecule has 4 rings (SSSR count). The fraction of sp³-hybridized carbons (Fsp3) is 0.308. The molecule has 7 nitrogen and oxygen atoms in total. The van der Waals surface area contributed by atoms with Crippen molar-refractivity contribution in [1.82, 2.24) is 4.90 Å². The van der Waals surface area contributed by atoms with E-state index >= 15 is 4.39 Å². The first-order valence-electron chi connectivity index (χ1n) is 11.3. The summed E-state index contributed by atoms with van der Waals surface area (Å²) in [5.74, 6) is -1.02. The van der Waals surface area contributed by atoms with Crippen LogP contribution in [0.3, 0.4) is 0 Å². The summed E-state index contributed by atoms with van der Waals surface area (Å²) >= 11 is 0.735. The first-order valence-corrected chi connectivity index (χ1v) is 12.1. The highest BCUT2D eigenvalue weighted by Crippen LogP contribution is 2.41. The van der Waals surface area contributed by atoms with Crippen LogP contribution in [0.5, 0.6) is 0 Å². The van der Waals surface area contributed by atoms with Crippen LogP contribution in [0.1, 0.15) is 50.8 Å². The quantitative estimate of drug-likeness (QED) is 0.263. The molecule has 0 atom stereocenters. The molecule has 182 valence electrons. The van der Waals surface area contributed by atoms with Crippen LogP contribution >= 0.6 is 11.8 Å². The number of nitrogens with zero attached hydrogens (tertiary/aromatic N) is 3. The van der Waals surface area contributed by atoms with Crippen molar-refractivity contribution in [2.24, 2.45) is 0 Å². The second-order valence-corrected chi connectivity index (χ2v) is 10.2. The van der Waals surface area contributed by atoms with Crippen LogP contribution in [0.25, 0.3) is 11.6 Å². The van der Waals surface area contributed by atoms with Crippen LogP contribution in [0, 0.1) is 15.9 Å². The van der Waals surface area contributed by atoms with E-state index in [2.05, 4.69) is 31.7 Å². The Morgan fingerprint density at radius 2 is 1.94 bits per heavy atom. The molecule has 2 aromatic rings. The number of nitro groups is 1. The Morgan fingerprint density at radius 1 is 1.20 bits per heavy atom. The van der Waals surface area contributed by atoms with Gasteiger partial charge in [-0.05, 0) is 68.3 Å². The molecule has 2 aliphatic heterocycles. The second-order valence-electron chi connectivity index (χ2n) is 9.22. The van der Waals surface area contributed by atoms with Crippen molar-refractivity contribution in [2.45, 2.75) is 46.2 Å². The molecule has 2 aromatic carbocycles. The molecule has 0 saturated carbocycles. The summed E-state index contributed by atoms with van der Waals surface area (Å²) in [6.45, 7) is 8.93. The maximum atomic E-state index is 15.2. The number of allylic oxidation sites excluding steroid dienone is 1. The largest absolute Gasteiger partial charge is 0.362 e. The zero-order valence-electron chi connectivity index (χ0n) is 20.0. The number of anilines is 1. The van der Waals surface area contributed by atoms with Gasteiger partial charge in [-0.15, -0.1) is 0 Å². The Bertz CT molecular complexity index is 1300. The molecule has 0 N–H and O–H groups in total. The number of carbonyl (C=O) groups excluding carboxylic acids is 2. The van der Waals surface area contributed by atoms with Gasteiger partial charge in [0, 0.05) is 35.5 Å². The zero-order chi connectivity index (χ0) is 25.5. The first kappa shape index (κ1) is 24.7. The standard InChI is InChI=1S/C26H26FN3O4S/c1-5-9-29-22-13-21(27)18(11-20(22)16(2)14-26(29,3)4)12-23-24(31)28(25(32)35-23)15-17-7-6-8-19(10-17)30(33)34/h6-8,10-14H,5,9,15H2,1-4H3/b23-12+. The van der Waals surface area contributed by atoms with E-state index in [9.17, 15) is 19.7 Å². The fourth-order valence-corrected chi connectivity index (χ4v) is 5.42. The molecule has 0 bridgehead atoms. The Labute approximate surface area is 207 Å². The van der Waals surface area contributed by atoms with Crippen molar-refractivity contribution in [3.05, 3.63) is 80.0 Å². The lowest BCUT2D eigenvalue weighted by Gasteiger charge is -2.43. The van der Waals surface area contributed by atoms with E-state index in [1.807, 2.05) is 6.92 Å². The van der Waals surface area contributed by atoms with Crippen molar-refractivity contribution in [3.63, 3.8) is 0 Å². The third-order valence-electron chi connectivity index (χ3n) is 6.17. The highest BCUT2D eigenvalue weighted by molar-refractivity contribution is 8.18. The summed E-state index contributed by atoms with van der Waals surface area (Å²) < 4.78 is 15.2. The number of nitro benzene ring substituents is 1. The molecular formula is C26H26FN3O4S. The molecule has 0 spiro atoms. The Kier molecular flexibility index (Phi) is 6.55. The van der Waals surface area contributed by atoms with Crippen molar-refractivity contribution in [1.29, 1.82) is 0 Å². The highest BCUT2D eigenvalue weighted by atomic mass is 32.2. The summed E-state index contributed by atoms with van der Waals surface area (Å²) in [4.78, 5) is 39.3. The minimum atomic E-state index is -0.551. The number of thioether (sulfide) groups is 1. The molecule has 0 unspecified atom stereocenters. The molecule has 0 aromatic heterocycles. The second kappa shape index (κ2) is 9.30. The molecule has 1 saturated heterocycles. The Morgan fingerprint density at radius 3 is 2.63 bits per heavy atom. The smallest absolute Gasteiger partial charge is 0.293 e.